The first-order valence-corrected chi connectivity index (χ1v) is 6.56. The van der Waals surface area contributed by atoms with Crippen LogP contribution < -0.4 is 0 Å². The normalized spacial score (nSPS) is 10.8. The molecule has 0 radical (unpaired) electrons. The zero-order chi connectivity index (χ0) is 16.9. The van der Waals surface area contributed by atoms with E-state index in [2.05, 4.69) is 14.8 Å². The largest absolute Gasteiger partial charge is 0.455 e. The maximum absolute atomic E-state index is 13.3. The Hall–Kier alpha value is -2.19. The zero-order valence-electron chi connectivity index (χ0n) is 10.3. The van der Waals surface area contributed by atoms with Crippen molar-refractivity contribution in [2.24, 2.45) is 0 Å². The molecule has 0 spiro atoms. The Morgan fingerprint density at radius 2 is 1.32 bits per heavy atom. The van der Waals surface area contributed by atoms with Crippen molar-refractivity contribution in [1.29, 1.82) is 0 Å². The Kier molecular flexibility index (Phi) is 5.84. The minimum atomic E-state index is -5.29. The summed E-state index contributed by atoms with van der Waals surface area (Å²) in [5, 5.41) is 0. The summed E-state index contributed by atoms with van der Waals surface area (Å²) in [4.78, 5) is 7.63. The van der Waals surface area contributed by atoms with Gasteiger partial charge in [0.15, 0.2) is 34.8 Å². The maximum atomic E-state index is 13.3. The second-order valence-electron chi connectivity index (χ2n) is 3.38. The summed E-state index contributed by atoms with van der Waals surface area (Å²) >= 11 is 0. The molecule has 1 aromatic rings. The van der Waals surface area contributed by atoms with Crippen LogP contribution in [0.4, 0.5) is 22.0 Å². The predicted molar refractivity (Wildman–Crippen MR) is 59.2 cm³/mol. The molecule has 0 fully saturated rings. The lowest BCUT2D eigenvalue weighted by Gasteiger charge is -2.08. The van der Waals surface area contributed by atoms with Crippen molar-refractivity contribution in [1.82, 2.24) is 0 Å². The number of carbonyl (C=O) groups excluding carboxylic acids is 1. The molecule has 0 aliphatic heterocycles. The lowest BCUT2D eigenvalue weighted by atomic mass is 10.3. The fourth-order valence-corrected chi connectivity index (χ4v) is 2.10. The third-order valence-corrected chi connectivity index (χ3v) is 3.34. The number of halogens is 5. The maximum Gasteiger partial charge on any atom is 0.304 e. The molecule has 0 atom stereocenters. The highest BCUT2D eigenvalue weighted by atomic mass is 32.2. The van der Waals surface area contributed by atoms with E-state index in [1.165, 1.54) is 0 Å². The summed E-state index contributed by atoms with van der Waals surface area (Å²) in [5.41, 5.74) is 0. The van der Waals surface area contributed by atoms with E-state index < -0.39 is 57.3 Å². The summed E-state index contributed by atoms with van der Waals surface area (Å²) in [6.07, 6.45) is 0. The summed E-state index contributed by atoms with van der Waals surface area (Å²) < 4.78 is 96.3. The van der Waals surface area contributed by atoms with E-state index >= 15 is 0 Å². The molecule has 0 aliphatic carbocycles. The van der Waals surface area contributed by atoms with Gasteiger partial charge in [0, 0.05) is 0 Å². The lowest BCUT2D eigenvalue weighted by molar-refractivity contribution is -0.127. The quantitative estimate of drug-likeness (QED) is 0.153. The molecule has 0 saturated heterocycles. The molecule has 0 N–H and O–H groups in total. The molecule has 22 heavy (non-hydrogen) atoms. The van der Waals surface area contributed by atoms with Gasteiger partial charge in [-0.15, -0.1) is 0 Å². The standard InChI is InChI=1S/C11H5F5O5S/c12-6-7(13)9(15)11(10(16)8(6)14)22(18,19)21-4-2-1-3-20-5-17/h5H,3-4H2. The topological polar surface area (TPSA) is 69.7 Å². The summed E-state index contributed by atoms with van der Waals surface area (Å²) in [6, 6.07) is 0. The molecule has 0 saturated carbocycles. The molecule has 0 unspecified atom stereocenters. The van der Waals surface area contributed by atoms with Crippen LogP contribution in [0, 0.1) is 40.9 Å². The minimum absolute atomic E-state index is 0.0566. The Bertz CT molecular complexity index is 721. The van der Waals surface area contributed by atoms with Gasteiger partial charge in [0.25, 0.3) is 6.47 Å². The van der Waals surface area contributed by atoms with E-state index in [-0.39, 0.29) is 6.47 Å². The van der Waals surface area contributed by atoms with Crippen LogP contribution in [-0.4, -0.2) is 28.1 Å². The summed E-state index contributed by atoms with van der Waals surface area (Å²) in [6.45, 7) is -1.30. The van der Waals surface area contributed by atoms with Crippen molar-refractivity contribution in [3.05, 3.63) is 29.1 Å². The number of hydrogen-bond donors (Lipinski definition) is 0. The van der Waals surface area contributed by atoms with E-state index in [9.17, 15) is 35.2 Å². The fraction of sp³-hybridized carbons (Fsp3) is 0.182. The highest BCUT2D eigenvalue weighted by Crippen LogP contribution is 2.27. The van der Waals surface area contributed by atoms with E-state index in [0.717, 1.165) is 0 Å². The highest BCUT2D eigenvalue weighted by molar-refractivity contribution is 7.86. The van der Waals surface area contributed by atoms with Crippen molar-refractivity contribution in [3.63, 3.8) is 0 Å². The van der Waals surface area contributed by atoms with Gasteiger partial charge in [-0.2, -0.15) is 8.42 Å². The molecule has 0 aliphatic rings. The monoisotopic (exact) mass is 344 g/mol. The molecule has 0 amide bonds. The fourth-order valence-electron chi connectivity index (χ4n) is 1.15. The number of hydrogen-bond acceptors (Lipinski definition) is 5. The second-order valence-corrected chi connectivity index (χ2v) is 4.93. The molecular weight excluding hydrogens is 339 g/mol. The van der Waals surface area contributed by atoms with Gasteiger partial charge in [-0.05, 0) is 0 Å². The molecule has 5 nitrogen and oxygen atoms in total. The molecular formula is C11H5F5O5S. The van der Waals surface area contributed by atoms with Crippen LogP contribution in [0.3, 0.4) is 0 Å². The molecule has 1 rings (SSSR count). The number of carbonyl (C=O) groups is 1. The number of rotatable bonds is 5. The van der Waals surface area contributed by atoms with Crippen molar-refractivity contribution >= 4 is 16.6 Å². The van der Waals surface area contributed by atoms with E-state index in [1.54, 1.807) is 0 Å². The third kappa shape index (κ3) is 3.71. The second kappa shape index (κ2) is 7.19. The minimum Gasteiger partial charge on any atom is -0.455 e. The first-order valence-electron chi connectivity index (χ1n) is 5.15. The predicted octanol–water partition coefficient (Wildman–Crippen LogP) is 1.26. The van der Waals surface area contributed by atoms with Gasteiger partial charge >= 0.3 is 10.1 Å². The van der Waals surface area contributed by atoms with E-state index in [1.807, 2.05) is 5.92 Å². The Morgan fingerprint density at radius 3 is 1.82 bits per heavy atom. The van der Waals surface area contributed by atoms with Crippen LogP contribution in [0.5, 0.6) is 0 Å². The van der Waals surface area contributed by atoms with Crippen LogP contribution >= 0.6 is 0 Å². The highest BCUT2D eigenvalue weighted by Gasteiger charge is 2.34. The summed E-state index contributed by atoms with van der Waals surface area (Å²) in [5.74, 6) is -8.38. The van der Waals surface area contributed by atoms with Crippen LogP contribution in [0.1, 0.15) is 0 Å². The summed E-state index contributed by atoms with van der Waals surface area (Å²) in [7, 11) is -5.29. The van der Waals surface area contributed by atoms with Crippen LogP contribution in [0.15, 0.2) is 4.90 Å². The first-order chi connectivity index (χ1) is 10.2. The van der Waals surface area contributed by atoms with Crippen molar-refractivity contribution in [2.75, 3.05) is 13.2 Å². The third-order valence-electron chi connectivity index (χ3n) is 2.05. The smallest absolute Gasteiger partial charge is 0.304 e. The molecule has 0 heterocycles. The van der Waals surface area contributed by atoms with Crippen molar-refractivity contribution in [3.8, 4) is 11.8 Å². The SMILES string of the molecule is O=COCC#CCOS(=O)(=O)c1c(F)c(F)c(F)c(F)c1F. The molecule has 0 bridgehead atoms. The van der Waals surface area contributed by atoms with Gasteiger partial charge in [0.2, 0.25) is 5.82 Å². The van der Waals surface area contributed by atoms with Gasteiger partial charge < -0.3 is 4.74 Å². The number of benzene rings is 1. The average Bonchev–Trinajstić information content (AvgIpc) is 2.46. The molecule has 120 valence electrons. The number of ether oxygens (including phenoxy) is 1. The Morgan fingerprint density at radius 1 is 0.864 bits per heavy atom. The molecule has 11 heteroatoms. The molecule has 1 aromatic carbocycles. The van der Waals surface area contributed by atoms with Gasteiger partial charge in [0.05, 0.1) is 0 Å². The Labute approximate surface area is 120 Å². The van der Waals surface area contributed by atoms with Crippen LogP contribution in [-0.2, 0) is 23.8 Å². The van der Waals surface area contributed by atoms with E-state index in [0.29, 0.717) is 0 Å². The lowest BCUT2D eigenvalue weighted by Crippen LogP contribution is -2.15. The van der Waals surface area contributed by atoms with Crippen LogP contribution in [0.2, 0.25) is 0 Å². The van der Waals surface area contributed by atoms with Crippen LogP contribution in [0.25, 0.3) is 0 Å². The zero-order valence-corrected chi connectivity index (χ0v) is 11.1. The van der Waals surface area contributed by atoms with E-state index in [4.69, 9.17) is 0 Å². The van der Waals surface area contributed by atoms with Gasteiger partial charge in [-0.3, -0.25) is 8.98 Å². The van der Waals surface area contributed by atoms with Gasteiger partial charge in [-0.1, -0.05) is 11.8 Å². The van der Waals surface area contributed by atoms with Gasteiger partial charge in [-0.25, -0.2) is 22.0 Å². The Balaban J connectivity index is 3.08. The molecule has 0 aromatic heterocycles. The average molecular weight is 344 g/mol. The van der Waals surface area contributed by atoms with Crippen molar-refractivity contribution in [2.45, 2.75) is 4.90 Å². The first kappa shape index (κ1) is 17.9. The van der Waals surface area contributed by atoms with Gasteiger partial charge in [0.1, 0.15) is 6.61 Å². The van der Waals surface area contributed by atoms with Crippen molar-refractivity contribution < 1.29 is 44.1 Å².